The largest absolute Gasteiger partial charge is 0.323 e. The Morgan fingerprint density at radius 3 is 2.59 bits per heavy atom. The van der Waals surface area contributed by atoms with Crippen molar-refractivity contribution < 1.29 is 4.79 Å². The number of hydrogen-bond acceptors (Lipinski definition) is 4. The topological polar surface area (TPSA) is 58.1 Å². The number of hydrogen-bond donors (Lipinski definition) is 1. The van der Waals surface area contributed by atoms with Gasteiger partial charge in [0.1, 0.15) is 5.82 Å². The van der Waals surface area contributed by atoms with E-state index in [1.807, 2.05) is 26.0 Å². The highest BCUT2D eigenvalue weighted by Crippen LogP contribution is 2.31. The summed E-state index contributed by atoms with van der Waals surface area (Å²) in [6, 6.07) is 5.22. The predicted octanol–water partition coefficient (Wildman–Crippen LogP) is 4.19. The summed E-state index contributed by atoms with van der Waals surface area (Å²) < 4.78 is 0. The van der Waals surface area contributed by atoms with Gasteiger partial charge in [0.15, 0.2) is 0 Å². The van der Waals surface area contributed by atoms with E-state index in [1.165, 1.54) is 0 Å². The first-order chi connectivity index (χ1) is 10.4. The van der Waals surface area contributed by atoms with Gasteiger partial charge in [-0.25, -0.2) is 14.8 Å². The molecule has 2 aromatic heterocycles. The van der Waals surface area contributed by atoms with Gasteiger partial charge in [-0.2, -0.15) is 0 Å². The van der Waals surface area contributed by atoms with E-state index in [1.54, 1.807) is 35.5 Å². The second-order valence-electron chi connectivity index (χ2n) is 5.59. The number of nitrogens with one attached hydrogen (secondary N) is 1. The molecule has 6 heteroatoms. The molecule has 2 amide bonds. The highest BCUT2D eigenvalue weighted by atomic mass is 32.1. The average molecular weight is 318 g/mol. The van der Waals surface area contributed by atoms with Crippen LogP contribution >= 0.6 is 11.3 Å². The van der Waals surface area contributed by atoms with Crippen LogP contribution in [0.5, 0.6) is 0 Å². The van der Waals surface area contributed by atoms with Crippen LogP contribution in [-0.4, -0.2) is 27.9 Å². The minimum Gasteiger partial charge on any atom is -0.320 e. The van der Waals surface area contributed by atoms with Crippen molar-refractivity contribution in [3.05, 3.63) is 40.0 Å². The Balaban J connectivity index is 2.11. The van der Waals surface area contributed by atoms with Gasteiger partial charge in [0, 0.05) is 24.0 Å². The molecule has 0 saturated carbocycles. The van der Waals surface area contributed by atoms with E-state index < -0.39 is 0 Å². The summed E-state index contributed by atoms with van der Waals surface area (Å²) in [5.74, 6) is 0.952. The number of anilines is 1. The molecule has 0 bridgehead atoms. The lowest BCUT2D eigenvalue weighted by atomic mass is 10.2. The zero-order valence-corrected chi connectivity index (χ0v) is 14.4. The number of nitrogens with zero attached hydrogens (tertiary/aromatic N) is 3. The normalized spacial score (nSPS) is 12.3. The number of carbonyl (C=O) groups excluding carboxylic acids is 1. The summed E-state index contributed by atoms with van der Waals surface area (Å²) in [4.78, 5) is 23.9. The fourth-order valence-electron chi connectivity index (χ4n) is 2.05. The van der Waals surface area contributed by atoms with Crippen molar-refractivity contribution in [2.24, 2.45) is 0 Å². The molecule has 1 N–H and O–H groups in total. The van der Waals surface area contributed by atoms with E-state index in [2.05, 4.69) is 29.1 Å². The van der Waals surface area contributed by atoms with Gasteiger partial charge in [-0.3, -0.25) is 5.32 Å². The zero-order valence-electron chi connectivity index (χ0n) is 13.6. The van der Waals surface area contributed by atoms with Gasteiger partial charge in [-0.1, -0.05) is 19.9 Å². The van der Waals surface area contributed by atoms with Gasteiger partial charge in [0.25, 0.3) is 0 Å². The van der Waals surface area contributed by atoms with Crippen molar-refractivity contribution in [1.29, 1.82) is 0 Å². The maximum absolute atomic E-state index is 12.3. The van der Waals surface area contributed by atoms with Crippen LogP contribution in [0.15, 0.2) is 24.4 Å². The first kappa shape index (κ1) is 16.4. The van der Waals surface area contributed by atoms with Crippen molar-refractivity contribution in [3.8, 4) is 0 Å². The molecule has 0 radical (unpaired) electrons. The summed E-state index contributed by atoms with van der Waals surface area (Å²) in [7, 11) is 1.79. The Labute approximate surface area is 135 Å². The summed E-state index contributed by atoms with van der Waals surface area (Å²) in [5, 5.41) is 3.91. The lowest BCUT2D eigenvalue weighted by Crippen LogP contribution is -2.33. The fraction of sp³-hybridized carbons (Fsp3) is 0.438. The number of aryl methyl sites for hydroxylation is 1. The van der Waals surface area contributed by atoms with Gasteiger partial charge in [0.2, 0.25) is 0 Å². The van der Waals surface area contributed by atoms with Crippen LogP contribution in [0.1, 0.15) is 48.3 Å². The highest BCUT2D eigenvalue weighted by molar-refractivity contribution is 7.11. The highest BCUT2D eigenvalue weighted by Gasteiger charge is 2.22. The Kier molecular flexibility index (Phi) is 5.13. The smallest absolute Gasteiger partial charge is 0.320 e. The summed E-state index contributed by atoms with van der Waals surface area (Å²) in [5.41, 5.74) is 0.999. The maximum Gasteiger partial charge on any atom is 0.323 e. The van der Waals surface area contributed by atoms with Crippen molar-refractivity contribution in [2.45, 2.75) is 39.7 Å². The van der Waals surface area contributed by atoms with Crippen molar-refractivity contribution in [3.63, 3.8) is 0 Å². The number of pyridine rings is 1. The van der Waals surface area contributed by atoms with Crippen molar-refractivity contribution >= 4 is 23.2 Å². The standard InChI is InChI=1S/C16H22N4OS/c1-10(2)15-18-11(3)14(22-15)12(4)20(5)16(21)19-13-8-6-7-9-17-13/h6-10,12H,1-5H3,(H,17,19,21)/t12-/m1/s1. The lowest BCUT2D eigenvalue weighted by Gasteiger charge is -2.24. The average Bonchev–Trinajstić information content (AvgIpc) is 2.89. The molecule has 1 atom stereocenters. The number of urea groups is 1. The number of amides is 2. The van der Waals surface area contributed by atoms with E-state index in [0.29, 0.717) is 11.7 Å². The van der Waals surface area contributed by atoms with E-state index in [9.17, 15) is 4.79 Å². The van der Waals surface area contributed by atoms with Gasteiger partial charge < -0.3 is 4.90 Å². The molecule has 2 rings (SSSR count). The van der Waals surface area contributed by atoms with E-state index >= 15 is 0 Å². The quantitative estimate of drug-likeness (QED) is 0.919. The van der Waals surface area contributed by atoms with Crippen molar-refractivity contribution in [2.75, 3.05) is 12.4 Å². The van der Waals surface area contributed by atoms with Crippen LogP contribution in [0.4, 0.5) is 10.6 Å². The van der Waals surface area contributed by atoms with E-state index in [-0.39, 0.29) is 12.1 Å². The van der Waals surface area contributed by atoms with Gasteiger partial charge in [-0.05, 0) is 26.0 Å². The summed E-state index contributed by atoms with van der Waals surface area (Å²) >= 11 is 1.68. The third-order valence-electron chi connectivity index (χ3n) is 3.52. The van der Waals surface area contributed by atoms with Crippen LogP contribution in [-0.2, 0) is 0 Å². The van der Waals surface area contributed by atoms with Crippen LogP contribution in [0.2, 0.25) is 0 Å². The molecule has 0 fully saturated rings. The van der Waals surface area contributed by atoms with Gasteiger partial charge in [0.05, 0.1) is 16.7 Å². The molecule has 22 heavy (non-hydrogen) atoms. The summed E-state index contributed by atoms with van der Waals surface area (Å²) in [6.07, 6.45) is 1.65. The fourth-order valence-corrected chi connectivity index (χ4v) is 3.22. The number of thiazole rings is 1. The molecule has 0 aliphatic carbocycles. The lowest BCUT2D eigenvalue weighted by molar-refractivity contribution is 0.209. The van der Waals surface area contributed by atoms with Crippen molar-refractivity contribution in [1.82, 2.24) is 14.9 Å². The molecule has 2 aromatic rings. The molecule has 0 aromatic carbocycles. The second kappa shape index (κ2) is 6.87. The Morgan fingerprint density at radius 1 is 1.32 bits per heavy atom. The molecule has 0 aliphatic heterocycles. The monoisotopic (exact) mass is 318 g/mol. The molecule has 0 saturated heterocycles. The third-order valence-corrected chi connectivity index (χ3v) is 5.15. The van der Waals surface area contributed by atoms with E-state index in [0.717, 1.165) is 15.6 Å². The van der Waals surface area contributed by atoms with E-state index in [4.69, 9.17) is 0 Å². The molecule has 5 nitrogen and oxygen atoms in total. The number of rotatable bonds is 4. The van der Waals surface area contributed by atoms with Crippen LogP contribution < -0.4 is 5.32 Å². The molecule has 118 valence electrons. The summed E-state index contributed by atoms with van der Waals surface area (Å²) in [6.45, 7) is 8.27. The minimum atomic E-state index is -0.176. The molecule has 0 unspecified atom stereocenters. The first-order valence-corrected chi connectivity index (χ1v) is 8.13. The zero-order chi connectivity index (χ0) is 16.3. The number of aromatic nitrogens is 2. The predicted molar refractivity (Wildman–Crippen MR) is 90.4 cm³/mol. The van der Waals surface area contributed by atoms with Crippen LogP contribution in [0, 0.1) is 6.92 Å². The molecular formula is C16H22N4OS. The molecule has 0 spiro atoms. The maximum atomic E-state index is 12.3. The Bertz CT molecular complexity index is 639. The minimum absolute atomic E-state index is 0.0336. The van der Waals surface area contributed by atoms with Crippen LogP contribution in [0.3, 0.4) is 0 Å². The second-order valence-corrected chi connectivity index (χ2v) is 6.65. The Hall–Kier alpha value is -1.95. The van der Waals surface area contributed by atoms with Crippen LogP contribution in [0.25, 0.3) is 0 Å². The third kappa shape index (κ3) is 3.62. The van der Waals surface area contributed by atoms with Gasteiger partial charge in [-0.15, -0.1) is 11.3 Å². The number of carbonyl (C=O) groups is 1. The molecule has 2 heterocycles. The first-order valence-electron chi connectivity index (χ1n) is 7.32. The SMILES string of the molecule is Cc1nc(C(C)C)sc1[C@@H](C)N(C)C(=O)Nc1ccccn1. The molecular weight excluding hydrogens is 296 g/mol. The van der Waals surface area contributed by atoms with Gasteiger partial charge >= 0.3 is 6.03 Å². The molecule has 0 aliphatic rings. The Morgan fingerprint density at radius 2 is 2.05 bits per heavy atom.